The van der Waals surface area contributed by atoms with Gasteiger partial charge in [-0.1, -0.05) is 18.2 Å². The van der Waals surface area contributed by atoms with E-state index in [4.69, 9.17) is 20.4 Å². The van der Waals surface area contributed by atoms with Gasteiger partial charge >= 0.3 is 0 Å². The van der Waals surface area contributed by atoms with E-state index in [1.54, 1.807) is 11.3 Å². The Balaban J connectivity index is 1.50. The Hall–Kier alpha value is -2.71. The number of benzene rings is 1. The third-order valence-electron chi connectivity index (χ3n) is 6.89. The summed E-state index contributed by atoms with van der Waals surface area (Å²) in [6.07, 6.45) is 6.63. The van der Waals surface area contributed by atoms with Crippen molar-refractivity contribution >= 4 is 39.1 Å². The monoisotopic (exact) mass is 465 g/mol. The van der Waals surface area contributed by atoms with Crippen molar-refractivity contribution in [2.75, 3.05) is 19.4 Å². The van der Waals surface area contributed by atoms with Crippen LogP contribution < -0.4 is 15.8 Å². The van der Waals surface area contributed by atoms with Crippen LogP contribution in [0.1, 0.15) is 54.9 Å². The summed E-state index contributed by atoms with van der Waals surface area (Å²) >= 11 is 1.69. The molecule has 0 bridgehead atoms. The molecule has 1 unspecified atom stereocenters. The van der Waals surface area contributed by atoms with Gasteiger partial charge in [0.05, 0.1) is 5.39 Å². The highest BCUT2D eigenvalue weighted by atomic mass is 32.1. The minimum absolute atomic E-state index is 0.120. The Morgan fingerprint density at radius 1 is 1.15 bits per heavy atom. The lowest BCUT2D eigenvalue weighted by molar-refractivity contribution is -0.118. The zero-order valence-corrected chi connectivity index (χ0v) is 20.0. The molecule has 0 saturated heterocycles. The van der Waals surface area contributed by atoms with E-state index in [0.717, 1.165) is 54.4 Å². The van der Waals surface area contributed by atoms with Crippen LogP contribution in [0.3, 0.4) is 0 Å². The number of rotatable bonds is 7. The van der Waals surface area contributed by atoms with Crippen LogP contribution in [-0.2, 0) is 11.2 Å². The Morgan fingerprint density at radius 2 is 1.91 bits per heavy atom. The van der Waals surface area contributed by atoms with Crippen LogP contribution in [0.4, 0.5) is 11.6 Å². The lowest BCUT2D eigenvalue weighted by Crippen LogP contribution is -2.35. The molecule has 1 amide bonds. The molecule has 174 valence electrons. The summed E-state index contributed by atoms with van der Waals surface area (Å²) in [5.41, 5.74) is 7.68. The number of fused-ring (bicyclic) bond motifs is 3. The number of nitrogens with two attached hydrogens (primary N) is 1. The van der Waals surface area contributed by atoms with E-state index in [0.29, 0.717) is 24.3 Å². The Labute approximate surface area is 198 Å². The average molecular weight is 466 g/mol. The van der Waals surface area contributed by atoms with Crippen molar-refractivity contribution in [2.45, 2.75) is 63.0 Å². The first-order chi connectivity index (χ1) is 16.0. The lowest BCUT2D eigenvalue weighted by Gasteiger charge is -2.32. The zero-order chi connectivity index (χ0) is 22.9. The maximum Gasteiger partial charge on any atom is 0.231 e. The summed E-state index contributed by atoms with van der Waals surface area (Å²) < 4.78 is 6.59. The first kappa shape index (κ1) is 22.1. The van der Waals surface area contributed by atoms with Crippen LogP contribution in [-0.4, -0.2) is 47.0 Å². The van der Waals surface area contributed by atoms with Crippen molar-refractivity contribution in [1.29, 1.82) is 0 Å². The van der Waals surface area contributed by atoms with Gasteiger partial charge < -0.3 is 20.7 Å². The zero-order valence-electron chi connectivity index (χ0n) is 19.2. The number of thiophene rings is 1. The molecule has 0 radical (unpaired) electrons. The maximum absolute atomic E-state index is 11.7. The van der Waals surface area contributed by atoms with E-state index in [-0.39, 0.29) is 17.9 Å². The molecule has 5 rings (SSSR count). The minimum Gasteiger partial charge on any atom is -0.474 e. The molecule has 8 heteroatoms. The number of hydrogen-bond acceptors (Lipinski definition) is 7. The largest absolute Gasteiger partial charge is 0.474 e. The fourth-order valence-electron chi connectivity index (χ4n) is 5.18. The van der Waals surface area contributed by atoms with Gasteiger partial charge in [0.15, 0.2) is 0 Å². The van der Waals surface area contributed by atoms with Crippen LogP contribution in [0.5, 0.6) is 5.88 Å². The highest BCUT2D eigenvalue weighted by Gasteiger charge is 2.33. The van der Waals surface area contributed by atoms with Gasteiger partial charge in [-0.05, 0) is 76.2 Å². The highest BCUT2D eigenvalue weighted by Crippen LogP contribution is 2.48. The molecule has 2 aliphatic rings. The number of carbonyl (C=O) groups is 1. The van der Waals surface area contributed by atoms with Gasteiger partial charge in [-0.2, -0.15) is 4.98 Å². The Morgan fingerprint density at radius 3 is 2.61 bits per heavy atom. The number of amides is 1. The molecule has 2 aromatic heterocycles. The van der Waals surface area contributed by atoms with Gasteiger partial charge in [0, 0.05) is 23.0 Å². The van der Waals surface area contributed by atoms with Crippen molar-refractivity contribution in [3.05, 3.63) is 40.8 Å². The number of para-hydroxylation sites is 1. The molecular weight excluding hydrogens is 434 g/mol. The molecule has 3 aromatic rings. The molecule has 1 aromatic carbocycles. The molecule has 7 nitrogen and oxygen atoms in total. The molecule has 1 fully saturated rings. The van der Waals surface area contributed by atoms with Crippen molar-refractivity contribution in [3.8, 4) is 5.88 Å². The molecule has 2 aliphatic carbocycles. The second-order valence-electron chi connectivity index (χ2n) is 9.38. The number of primary amides is 1. The summed E-state index contributed by atoms with van der Waals surface area (Å²) in [5, 5.41) is 4.31. The SMILES string of the molecule is CN(C)[C@H]1CC[C@H](Oc2nc(Nc3ccccc3)nc3sc4c(c23)C(CC(N)=O)CC4)CC1. The van der Waals surface area contributed by atoms with Gasteiger partial charge in [-0.3, -0.25) is 4.79 Å². The third-order valence-corrected chi connectivity index (χ3v) is 8.05. The predicted molar refractivity (Wildman–Crippen MR) is 132 cm³/mol. The molecule has 0 spiro atoms. The number of ether oxygens (including phenoxy) is 1. The average Bonchev–Trinajstić information content (AvgIpc) is 3.34. The van der Waals surface area contributed by atoms with Gasteiger partial charge in [-0.25, -0.2) is 4.98 Å². The first-order valence-electron chi connectivity index (χ1n) is 11.7. The molecular formula is C25H31N5O2S. The van der Waals surface area contributed by atoms with Gasteiger partial charge in [0.2, 0.25) is 17.7 Å². The second kappa shape index (κ2) is 9.27. The Kier molecular flexibility index (Phi) is 6.21. The topological polar surface area (TPSA) is 93.4 Å². The van der Waals surface area contributed by atoms with Crippen LogP contribution in [0.2, 0.25) is 0 Å². The fraction of sp³-hybridized carbons (Fsp3) is 0.480. The first-order valence-corrected chi connectivity index (χ1v) is 12.6. The predicted octanol–water partition coefficient (Wildman–Crippen LogP) is 4.59. The summed E-state index contributed by atoms with van der Waals surface area (Å²) in [4.78, 5) is 25.9. The van der Waals surface area contributed by atoms with Gasteiger partial charge in [0.1, 0.15) is 10.9 Å². The fourth-order valence-corrected chi connectivity index (χ4v) is 6.44. The van der Waals surface area contributed by atoms with E-state index in [1.165, 1.54) is 10.4 Å². The number of aromatic nitrogens is 2. The third kappa shape index (κ3) is 4.68. The summed E-state index contributed by atoms with van der Waals surface area (Å²) in [6, 6.07) is 10.5. The van der Waals surface area contributed by atoms with E-state index in [9.17, 15) is 4.79 Å². The maximum atomic E-state index is 11.7. The molecule has 0 aliphatic heterocycles. The van der Waals surface area contributed by atoms with Crippen LogP contribution in [0.25, 0.3) is 10.2 Å². The number of nitrogens with zero attached hydrogens (tertiary/aromatic N) is 3. The number of hydrogen-bond donors (Lipinski definition) is 2. The lowest BCUT2D eigenvalue weighted by atomic mass is 9.92. The minimum atomic E-state index is -0.264. The number of nitrogens with one attached hydrogen (secondary N) is 1. The second-order valence-corrected chi connectivity index (χ2v) is 10.5. The molecule has 1 saturated carbocycles. The van der Waals surface area contributed by atoms with Crippen LogP contribution in [0, 0.1) is 0 Å². The summed E-state index contributed by atoms with van der Waals surface area (Å²) in [6.45, 7) is 0. The van der Waals surface area contributed by atoms with E-state index in [2.05, 4.69) is 24.3 Å². The van der Waals surface area contributed by atoms with Crippen molar-refractivity contribution in [3.63, 3.8) is 0 Å². The Bertz CT molecular complexity index is 1140. The van der Waals surface area contributed by atoms with Crippen molar-refractivity contribution in [2.24, 2.45) is 5.73 Å². The van der Waals surface area contributed by atoms with Gasteiger partial charge in [-0.15, -0.1) is 11.3 Å². The van der Waals surface area contributed by atoms with Crippen LogP contribution in [0.15, 0.2) is 30.3 Å². The smallest absolute Gasteiger partial charge is 0.231 e. The number of aryl methyl sites for hydroxylation is 1. The molecule has 33 heavy (non-hydrogen) atoms. The quantitative estimate of drug-likeness (QED) is 0.530. The molecule has 2 heterocycles. The van der Waals surface area contributed by atoms with E-state index < -0.39 is 0 Å². The molecule has 1 atom stereocenters. The van der Waals surface area contributed by atoms with Crippen molar-refractivity contribution < 1.29 is 9.53 Å². The van der Waals surface area contributed by atoms with Gasteiger partial charge in [0.25, 0.3) is 0 Å². The van der Waals surface area contributed by atoms with Crippen molar-refractivity contribution in [1.82, 2.24) is 14.9 Å². The normalized spacial score (nSPS) is 22.5. The van der Waals surface area contributed by atoms with E-state index in [1.807, 2.05) is 30.3 Å². The highest BCUT2D eigenvalue weighted by molar-refractivity contribution is 7.19. The number of carbonyl (C=O) groups excluding carboxylic acids is 1. The van der Waals surface area contributed by atoms with Crippen LogP contribution >= 0.6 is 11.3 Å². The van der Waals surface area contributed by atoms with E-state index >= 15 is 0 Å². The molecule has 3 N–H and O–H groups in total. The summed E-state index contributed by atoms with van der Waals surface area (Å²) in [7, 11) is 4.30. The number of anilines is 2. The standard InChI is InChI=1S/C25H31N5O2S/c1-30(2)17-9-11-18(12-10-17)32-23-22-21-15(14-20(26)31)8-13-19(21)33-24(22)29-25(28-23)27-16-6-4-3-5-7-16/h3-7,15,17-18H,8-14H2,1-2H3,(H2,26,31)(H,27,28,29)/t15?,17-,18-. The summed E-state index contributed by atoms with van der Waals surface area (Å²) in [5.74, 6) is 1.03.